The van der Waals surface area contributed by atoms with Gasteiger partial charge in [0.15, 0.2) is 0 Å². The van der Waals surface area contributed by atoms with Gasteiger partial charge in [0.25, 0.3) is 5.91 Å². The molecule has 0 bridgehead atoms. The highest BCUT2D eigenvalue weighted by molar-refractivity contribution is 5.93. The molecule has 0 atom stereocenters. The van der Waals surface area contributed by atoms with E-state index in [2.05, 4.69) is 20.6 Å². The van der Waals surface area contributed by atoms with Gasteiger partial charge in [-0.25, -0.2) is 9.97 Å². The molecule has 132 valence electrons. The van der Waals surface area contributed by atoms with Gasteiger partial charge in [-0.3, -0.25) is 4.79 Å². The Kier molecular flexibility index (Phi) is 5.59. The predicted octanol–water partition coefficient (Wildman–Crippen LogP) is 3.81. The molecule has 3 rings (SSSR count). The molecule has 0 unspecified atom stereocenters. The van der Waals surface area contributed by atoms with Crippen LogP contribution >= 0.6 is 0 Å². The standard InChI is InChI=1S/C21H22N4O/c1-15-8-6-7-11-18(15)25-20-14-19(23-16(2)24-20)21(26)22-13-12-17-9-4-3-5-10-17/h3-11,14H,12-13H2,1-2H3,(H,22,26)(H,23,24,25). The third kappa shape index (κ3) is 4.66. The number of aromatic nitrogens is 2. The number of nitrogens with one attached hydrogen (secondary N) is 2. The largest absolute Gasteiger partial charge is 0.350 e. The molecular formula is C21H22N4O. The Bertz CT molecular complexity index is 894. The Hall–Kier alpha value is -3.21. The Morgan fingerprint density at radius 1 is 0.962 bits per heavy atom. The molecule has 1 amide bonds. The van der Waals surface area contributed by atoms with Crippen molar-refractivity contribution >= 4 is 17.4 Å². The van der Waals surface area contributed by atoms with Crippen LogP contribution in [0.1, 0.15) is 27.4 Å². The summed E-state index contributed by atoms with van der Waals surface area (Å²) in [5, 5.41) is 6.18. The van der Waals surface area contributed by atoms with Crippen LogP contribution in [0.4, 0.5) is 11.5 Å². The van der Waals surface area contributed by atoms with Gasteiger partial charge in [-0.2, -0.15) is 0 Å². The zero-order valence-corrected chi connectivity index (χ0v) is 15.0. The van der Waals surface area contributed by atoms with Gasteiger partial charge in [0, 0.05) is 18.3 Å². The van der Waals surface area contributed by atoms with Crippen LogP contribution in [0.5, 0.6) is 0 Å². The summed E-state index contributed by atoms with van der Waals surface area (Å²) in [6.45, 7) is 4.36. The van der Waals surface area contributed by atoms with E-state index >= 15 is 0 Å². The minimum atomic E-state index is -0.195. The van der Waals surface area contributed by atoms with Crippen molar-refractivity contribution in [1.82, 2.24) is 15.3 Å². The van der Waals surface area contributed by atoms with Crippen molar-refractivity contribution in [3.05, 3.63) is 83.3 Å². The summed E-state index contributed by atoms with van der Waals surface area (Å²) in [6.07, 6.45) is 0.783. The van der Waals surface area contributed by atoms with E-state index in [0.717, 1.165) is 17.7 Å². The molecule has 0 aliphatic heterocycles. The van der Waals surface area contributed by atoms with E-state index in [-0.39, 0.29) is 5.91 Å². The van der Waals surface area contributed by atoms with E-state index in [1.54, 1.807) is 13.0 Å². The minimum Gasteiger partial charge on any atom is -0.350 e. The number of para-hydroxylation sites is 1. The zero-order valence-electron chi connectivity index (χ0n) is 15.0. The molecule has 0 aliphatic rings. The molecule has 5 heteroatoms. The predicted molar refractivity (Wildman–Crippen MR) is 104 cm³/mol. The number of carbonyl (C=O) groups excluding carboxylic acids is 1. The normalized spacial score (nSPS) is 10.4. The summed E-state index contributed by atoms with van der Waals surface area (Å²) in [5.74, 6) is 0.969. The van der Waals surface area contributed by atoms with E-state index in [0.29, 0.717) is 23.9 Å². The average Bonchev–Trinajstić information content (AvgIpc) is 2.64. The number of amides is 1. The topological polar surface area (TPSA) is 66.9 Å². The average molecular weight is 346 g/mol. The first-order valence-corrected chi connectivity index (χ1v) is 8.62. The van der Waals surface area contributed by atoms with E-state index in [1.807, 2.05) is 61.5 Å². The van der Waals surface area contributed by atoms with Gasteiger partial charge in [-0.15, -0.1) is 0 Å². The highest BCUT2D eigenvalue weighted by Gasteiger charge is 2.11. The maximum Gasteiger partial charge on any atom is 0.270 e. The third-order valence-electron chi connectivity index (χ3n) is 4.02. The van der Waals surface area contributed by atoms with Gasteiger partial charge >= 0.3 is 0 Å². The lowest BCUT2D eigenvalue weighted by Gasteiger charge is -2.11. The second-order valence-corrected chi connectivity index (χ2v) is 6.12. The monoisotopic (exact) mass is 346 g/mol. The third-order valence-corrected chi connectivity index (χ3v) is 4.02. The number of hydrogen-bond acceptors (Lipinski definition) is 4. The van der Waals surface area contributed by atoms with Crippen LogP contribution in [-0.2, 0) is 6.42 Å². The zero-order chi connectivity index (χ0) is 18.4. The number of anilines is 2. The van der Waals surface area contributed by atoms with Gasteiger partial charge in [0.05, 0.1) is 0 Å². The van der Waals surface area contributed by atoms with E-state index < -0.39 is 0 Å². The van der Waals surface area contributed by atoms with E-state index in [1.165, 1.54) is 5.56 Å². The molecule has 26 heavy (non-hydrogen) atoms. The van der Waals surface area contributed by atoms with Crippen LogP contribution < -0.4 is 10.6 Å². The summed E-state index contributed by atoms with van der Waals surface area (Å²) >= 11 is 0. The molecule has 0 radical (unpaired) electrons. The molecule has 2 aromatic carbocycles. The smallest absolute Gasteiger partial charge is 0.270 e. The Labute approximate surface area is 153 Å². The summed E-state index contributed by atoms with van der Waals surface area (Å²) in [4.78, 5) is 21.1. The Balaban J connectivity index is 1.66. The number of nitrogens with zero attached hydrogens (tertiary/aromatic N) is 2. The van der Waals surface area contributed by atoms with Gasteiger partial charge < -0.3 is 10.6 Å². The summed E-state index contributed by atoms with van der Waals surface area (Å²) in [6, 6.07) is 19.7. The fourth-order valence-electron chi connectivity index (χ4n) is 2.65. The number of rotatable bonds is 6. The quantitative estimate of drug-likeness (QED) is 0.712. The number of carbonyl (C=O) groups is 1. The van der Waals surface area contributed by atoms with Crippen molar-refractivity contribution in [3.8, 4) is 0 Å². The minimum absolute atomic E-state index is 0.195. The molecule has 0 saturated heterocycles. The maximum absolute atomic E-state index is 12.4. The molecule has 2 N–H and O–H groups in total. The van der Waals surface area contributed by atoms with Crippen LogP contribution in [0.2, 0.25) is 0 Å². The Morgan fingerprint density at radius 2 is 1.69 bits per heavy atom. The van der Waals surface area contributed by atoms with Crippen molar-refractivity contribution in [2.45, 2.75) is 20.3 Å². The summed E-state index contributed by atoms with van der Waals surface area (Å²) < 4.78 is 0. The first kappa shape index (κ1) is 17.6. The first-order chi connectivity index (χ1) is 12.6. The van der Waals surface area contributed by atoms with Crippen LogP contribution in [0.15, 0.2) is 60.7 Å². The van der Waals surface area contributed by atoms with Crippen LogP contribution in [0.3, 0.4) is 0 Å². The molecule has 1 heterocycles. The van der Waals surface area contributed by atoms with E-state index in [4.69, 9.17) is 0 Å². The van der Waals surface area contributed by atoms with Crippen molar-refractivity contribution in [3.63, 3.8) is 0 Å². The summed E-state index contributed by atoms with van der Waals surface area (Å²) in [5.41, 5.74) is 3.62. The van der Waals surface area contributed by atoms with Crippen molar-refractivity contribution in [2.75, 3.05) is 11.9 Å². The lowest BCUT2D eigenvalue weighted by atomic mass is 10.1. The molecule has 1 aromatic heterocycles. The molecule has 5 nitrogen and oxygen atoms in total. The lowest BCUT2D eigenvalue weighted by Crippen LogP contribution is -2.27. The van der Waals surface area contributed by atoms with Gasteiger partial charge in [0.2, 0.25) is 0 Å². The van der Waals surface area contributed by atoms with Crippen molar-refractivity contribution in [2.24, 2.45) is 0 Å². The number of hydrogen-bond donors (Lipinski definition) is 2. The fourth-order valence-corrected chi connectivity index (χ4v) is 2.65. The second kappa shape index (κ2) is 8.25. The molecule has 3 aromatic rings. The number of benzene rings is 2. The van der Waals surface area contributed by atoms with Crippen LogP contribution in [0.25, 0.3) is 0 Å². The van der Waals surface area contributed by atoms with E-state index in [9.17, 15) is 4.79 Å². The summed E-state index contributed by atoms with van der Waals surface area (Å²) in [7, 11) is 0. The van der Waals surface area contributed by atoms with Gasteiger partial charge in [0.1, 0.15) is 17.3 Å². The van der Waals surface area contributed by atoms with Crippen LogP contribution in [0, 0.1) is 13.8 Å². The maximum atomic E-state index is 12.4. The molecule has 0 fully saturated rings. The number of aryl methyl sites for hydroxylation is 2. The van der Waals surface area contributed by atoms with Crippen molar-refractivity contribution in [1.29, 1.82) is 0 Å². The molecule has 0 spiro atoms. The fraction of sp³-hybridized carbons (Fsp3) is 0.190. The first-order valence-electron chi connectivity index (χ1n) is 8.62. The Morgan fingerprint density at radius 3 is 2.46 bits per heavy atom. The second-order valence-electron chi connectivity index (χ2n) is 6.12. The van der Waals surface area contributed by atoms with Gasteiger partial charge in [-0.05, 0) is 37.5 Å². The highest BCUT2D eigenvalue weighted by atomic mass is 16.1. The molecular weight excluding hydrogens is 324 g/mol. The lowest BCUT2D eigenvalue weighted by molar-refractivity contribution is 0.0949. The molecule has 0 aliphatic carbocycles. The SMILES string of the molecule is Cc1nc(Nc2ccccc2C)cc(C(=O)NCCc2ccccc2)n1. The van der Waals surface area contributed by atoms with Crippen molar-refractivity contribution < 1.29 is 4.79 Å². The van der Waals surface area contributed by atoms with Gasteiger partial charge in [-0.1, -0.05) is 48.5 Å². The van der Waals surface area contributed by atoms with Crippen LogP contribution in [-0.4, -0.2) is 22.4 Å². The molecule has 0 saturated carbocycles. The highest BCUT2D eigenvalue weighted by Crippen LogP contribution is 2.19.